The van der Waals surface area contributed by atoms with E-state index >= 15 is 0 Å². The van der Waals surface area contributed by atoms with Crippen LogP contribution in [0.1, 0.15) is 66.7 Å². The first-order valence-electron chi connectivity index (χ1n) is 8.93. The lowest BCUT2D eigenvalue weighted by atomic mass is 9.86. The van der Waals surface area contributed by atoms with E-state index in [1.54, 1.807) is 0 Å². The van der Waals surface area contributed by atoms with Gasteiger partial charge >= 0.3 is 0 Å². The number of thioether (sulfide) groups is 1. The number of amidine groups is 1. The van der Waals surface area contributed by atoms with Crippen molar-refractivity contribution in [2.24, 2.45) is 21.6 Å². The van der Waals surface area contributed by atoms with Gasteiger partial charge in [0.05, 0.1) is 11.1 Å². The number of likely N-dealkylation sites (tertiary alicyclic amines) is 1. The molecule has 1 aliphatic carbocycles. The molecule has 2 unspecified atom stereocenters. The molecule has 0 aromatic carbocycles. The van der Waals surface area contributed by atoms with Crippen molar-refractivity contribution in [2.45, 2.75) is 78.8 Å². The van der Waals surface area contributed by atoms with Gasteiger partial charge in [0, 0.05) is 11.5 Å². The summed E-state index contributed by atoms with van der Waals surface area (Å²) in [6.45, 7) is 11.5. The van der Waals surface area contributed by atoms with Gasteiger partial charge in [-0.05, 0) is 49.4 Å². The summed E-state index contributed by atoms with van der Waals surface area (Å²) >= 11 is 1.10. The van der Waals surface area contributed by atoms with Gasteiger partial charge in [-0.15, -0.1) is 0 Å². The quantitative estimate of drug-likeness (QED) is 0.587. The zero-order chi connectivity index (χ0) is 18.1. The predicted octanol–water partition coefficient (Wildman–Crippen LogP) is 3.63. The summed E-state index contributed by atoms with van der Waals surface area (Å²) in [5.41, 5.74) is 5.91. The molecule has 0 spiro atoms. The van der Waals surface area contributed by atoms with E-state index in [-0.39, 0.29) is 27.9 Å². The van der Waals surface area contributed by atoms with Crippen molar-refractivity contribution in [1.82, 2.24) is 4.90 Å². The topological polar surface area (TPSA) is 82.5 Å². The van der Waals surface area contributed by atoms with Crippen molar-refractivity contribution in [2.75, 3.05) is 6.54 Å². The number of rotatable bonds is 2. The Morgan fingerprint density at radius 2 is 1.96 bits per heavy atom. The fourth-order valence-corrected chi connectivity index (χ4v) is 4.46. The number of amides is 1. The summed E-state index contributed by atoms with van der Waals surface area (Å²) in [6.07, 6.45) is 5.53. The first-order valence-corrected chi connectivity index (χ1v) is 9.74. The summed E-state index contributed by atoms with van der Waals surface area (Å²) in [7, 11) is 0. The van der Waals surface area contributed by atoms with E-state index in [1.165, 1.54) is 19.3 Å². The van der Waals surface area contributed by atoms with E-state index in [0.717, 1.165) is 31.1 Å². The number of nitrogens with one attached hydrogen (secondary N) is 1. The molecule has 6 heteroatoms. The maximum Gasteiger partial charge on any atom is 0.265 e. The molecule has 5 nitrogen and oxygen atoms in total. The second-order valence-electron chi connectivity index (χ2n) is 8.76. The van der Waals surface area contributed by atoms with E-state index < -0.39 is 0 Å². The number of aliphatic imine (C=N–C) groups is 1. The fraction of sp³-hybridized carbons (Fsp3) is 0.833. The first-order chi connectivity index (χ1) is 11.0. The van der Waals surface area contributed by atoms with E-state index in [4.69, 9.17) is 11.1 Å². The van der Waals surface area contributed by atoms with Gasteiger partial charge in [-0.25, -0.2) is 0 Å². The average molecular weight is 353 g/mol. The third-order valence-electron chi connectivity index (χ3n) is 5.29. The number of hydrogen-bond donors (Lipinski definition) is 2. The van der Waals surface area contributed by atoms with Crippen molar-refractivity contribution in [3.8, 4) is 0 Å². The number of nitrogens with two attached hydrogens (primary N) is 1. The molecule has 1 heterocycles. The van der Waals surface area contributed by atoms with Crippen molar-refractivity contribution < 1.29 is 4.79 Å². The molecule has 136 valence electrons. The minimum Gasteiger partial charge on any atom is -0.378 e. The minimum atomic E-state index is -0.277. The highest BCUT2D eigenvalue weighted by Gasteiger charge is 2.44. The maximum atomic E-state index is 12.7. The van der Waals surface area contributed by atoms with Crippen LogP contribution in [0, 0.1) is 16.2 Å². The smallest absolute Gasteiger partial charge is 0.265 e. The van der Waals surface area contributed by atoms with Crippen LogP contribution in [0.25, 0.3) is 0 Å². The molecule has 1 saturated carbocycles. The zero-order valence-electron chi connectivity index (χ0n) is 15.7. The van der Waals surface area contributed by atoms with E-state index in [0.29, 0.717) is 11.1 Å². The van der Waals surface area contributed by atoms with Crippen LogP contribution in [0.4, 0.5) is 0 Å². The Bertz CT molecular complexity index is 536. The Hall–Kier alpha value is -0.880. The van der Waals surface area contributed by atoms with Gasteiger partial charge in [-0.1, -0.05) is 41.0 Å². The molecule has 2 atom stereocenters. The Kier molecular flexibility index (Phi) is 5.80. The Labute approximate surface area is 150 Å². The third kappa shape index (κ3) is 4.39. The van der Waals surface area contributed by atoms with E-state index in [1.807, 2.05) is 20.8 Å². The van der Waals surface area contributed by atoms with Gasteiger partial charge in [0.2, 0.25) is 0 Å². The van der Waals surface area contributed by atoms with Gasteiger partial charge in [-0.3, -0.25) is 15.1 Å². The predicted molar refractivity (Wildman–Crippen MR) is 103 cm³/mol. The van der Waals surface area contributed by atoms with Crippen LogP contribution in [0.2, 0.25) is 0 Å². The minimum absolute atomic E-state index is 0.137. The molecule has 0 aromatic rings. The molecule has 0 aromatic heterocycles. The molecule has 3 N–H and O–H groups in total. The fourth-order valence-electron chi connectivity index (χ4n) is 3.81. The van der Waals surface area contributed by atoms with Crippen molar-refractivity contribution in [3.63, 3.8) is 0 Å². The van der Waals surface area contributed by atoms with Crippen LogP contribution in [0.15, 0.2) is 4.99 Å². The lowest BCUT2D eigenvalue weighted by molar-refractivity contribution is -0.123. The van der Waals surface area contributed by atoms with E-state index in [2.05, 4.69) is 23.7 Å². The van der Waals surface area contributed by atoms with Crippen LogP contribution in [0.5, 0.6) is 0 Å². The van der Waals surface area contributed by atoms with Crippen molar-refractivity contribution in [1.29, 1.82) is 5.41 Å². The molecule has 0 bridgehead atoms. The monoisotopic (exact) mass is 352 g/mol. The van der Waals surface area contributed by atoms with Crippen LogP contribution in [-0.2, 0) is 4.79 Å². The summed E-state index contributed by atoms with van der Waals surface area (Å²) in [5.74, 6) is -0.137. The molecule has 2 rings (SSSR count). The van der Waals surface area contributed by atoms with Gasteiger partial charge in [-0.2, -0.15) is 4.99 Å². The van der Waals surface area contributed by atoms with Crippen molar-refractivity contribution >= 4 is 27.9 Å². The van der Waals surface area contributed by atoms with Crippen LogP contribution >= 0.6 is 11.8 Å². The normalized spacial score (nSPS) is 28.3. The summed E-state index contributed by atoms with van der Waals surface area (Å²) in [6, 6.07) is 0.321. The molecule has 1 amide bonds. The summed E-state index contributed by atoms with van der Waals surface area (Å²) in [5, 5.41) is 8.65. The highest BCUT2D eigenvalue weighted by Crippen LogP contribution is 2.43. The van der Waals surface area contributed by atoms with Gasteiger partial charge < -0.3 is 5.73 Å². The highest BCUT2D eigenvalue weighted by molar-refractivity contribution is 8.26. The second-order valence-corrected chi connectivity index (χ2v) is 9.79. The molecule has 1 saturated heterocycles. The molecular weight excluding hydrogens is 320 g/mol. The first kappa shape index (κ1) is 19.4. The molecule has 1 aliphatic heterocycles. The van der Waals surface area contributed by atoms with E-state index in [9.17, 15) is 4.79 Å². The van der Waals surface area contributed by atoms with Gasteiger partial charge in [0.15, 0.2) is 5.17 Å². The standard InChI is InChI=1S/C18H32N4OS/c1-17(2,3)15(19)24-16(20)21-14(23)12-8-7-11-22(12)13-9-6-10-18(13,4)5/h12-13,19H,6-11H2,1-5H3,(H2,20,21,23). The summed E-state index contributed by atoms with van der Waals surface area (Å²) < 4.78 is 0. The number of hydrogen-bond acceptors (Lipinski definition) is 4. The van der Waals surface area contributed by atoms with Gasteiger partial charge in [0.1, 0.15) is 0 Å². The van der Waals surface area contributed by atoms with Crippen LogP contribution < -0.4 is 5.73 Å². The number of carbonyl (C=O) groups is 1. The lowest BCUT2D eigenvalue weighted by Gasteiger charge is -2.37. The molecule has 0 radical (unpaired) electrons. The Balaban J connectivity index is 2.05. The number of carbonyl (C=O) groups excluding carboxylic acids is 1. The zero-order valence-corrected chi connectivity index (χ0v) is 16.5. The Morgan fingerprint density at radius 1 is 1.29 bits per heavy atom. The van der Waals surface area contributed by atoms with Crippen LogP contribution in [-0.4, -0.2) is 39.6 Å². The highest BCUT2D eigenvalue weighted by atomic mass is 32.2. The molecule has 24 heavy (non-hydrogen) atoms. The maximum absolute atomic E-state index is 12.7. The largest absolute Gasteiger partial charge is 0.378 e. The molecular formula is C18H32N4OS. The summed E-state index contributed by atoms with van der Waals surface area (Å²) in [4.78, 5) is 19.2. The Morgan fingerprint density at radius 3 is 2.50 bits per heavy atom. The SMILES string of the molecule is CC(C)(C)C(=N)SC(N)=NC(=O)C1CCCN1C1CCCC1(C)C. The number of nitrogens with zero attached hydrogens (tertiary/aromatic N) is 2. The van der Waals surface area contributed by atoms with Crippen molar-refractivity contribution in [3.05, 3.63) is 0 Å². The average Bonchev–Trinajstić information content (AvgIpc) is 3.02. The lowest BCUT2D eigenvalue weighted by Crippen LogP contribution is -2.47. The van der Waals surface area contributed by atoms with Gasteiger partial charge in [0.25, 0.3) is 5.91 Å². The molecule has 2 fully saturated rings. The third-order valence-corrected chi connectivity index (χ3v) is 6.41. The van der Waals surface area contributed by atoms with Crippen LogP contribution in [0.3, 0.4) is 0 Å². The molecule has 2 aliphatic rings. The second kappa shape index (κ2) is 7.16.